The van der Waals surface area contributed by atoms with Gasteiger partial charge in [0, 0.05) is 12.0 Å². The molecule has 4 rings (SSSR count). The number of anilines is 1. The van der Waals surface area contributed by atoms with E-state index in [9.17, 15) is 14.0 Å². The van der Waals surface area contributed by atoms with Crippen LogP contribution in [0.5, 0.6) is 0 Å². The standard InChI is InChI=1S/C29H27FN2O5/c1-19-27(31-29(34)36-15-14-23-8-3-4-9-25(23)30)28(37-32-19)24-12-10-20(11-13-24)16-21-6-5-7-22(17-21)18-26(33)35-2/h3-13,17H,14-16,18H2,1-2H3,(H,31,34). The van der Waals surface area contributed by atoms with E-state index in [1.54, 1.807) is 25.1 Å². The Morgan fingerprint density at radius 1 is 0.973 bits per heavy atom. The average Bonchev–Trinajstić information content (AvgIpc) is 3.25. The molecule has 1 heterocycles. The van der Waals surface area contributed by atoms with E-state index in [0.717, 1.165) is 22.3 Å². The predicted octanol–water partition coefficient (Wildman–Crippen LogP) is 5.89. The largest absolute Gasteiger partial charge is 0.469 e. The first kappa shape index (κ1) is 25.6. The number of nitrogens with one attached hydrogen (secondary N) is 1. The lowest BCUT2D eigenvalue weighted by Gasteiger charge is -2.09. The van der Waals surface area contributed by atoms with Crippen LogP contribution in [0.1, 0.15) is 27.9 Å². The van der Waals surface area contributed by atoms with Gasteiger partial charge in [-0.2, -0.15) is 0 Å². The van der Waals surface area contributed by atoms with Gasteiger partial charge in [-0.25, -0.2) is 9.18 Å². The van der Waals surface area contributed by atoms with Crippen molar-refractivity contribution in [1.82, 2.24) is 5.16 Å². The van der Waals surface area contributed by atoms with Crippen LogP contribution in [0.3, 0.4) is 0 Å². The number of carbonyl (C=O) groups excluding carboxylic acids is 2. The maximum Gasteiger partial charge on any atom is 0.411 e. The van der Waals surface area contributed by atoms with Gasteiger partial charge in [0.2, 0.25) is 0 Å². The Bertz CT molecular complexity index is 1380. The van der Waals surface area contributed by atoms with Crippen molar-refractivity contribution in [2.24, 2.45) is 0 Å². The Balaban J connectivity index is 1.38. The predicted molar refractivity (Wildman–Crippen MR) is 137 cm³/mol. The molecule has 1 aromatic heterocycles. The molecular weight excluding hydrogens is 475 g/mol. The summed E-state index contributed by atoms with van der Waals surface area (Å²) < 4.78 is 29.2. The molecule has 0 fully saturated rings. The highest BCUT2D eigenvalue weighted by Gasteiger charge is 2.18. The minimum Gasteiger partial charge on any atom is -0.469 e. The van der Waals surface area contributed by atoms with Gasteiger partial charge in [-0.15, -0.1) is 0 Å². The molecule has 0 aliphatic heterocycles. The Hall–Kier alpha value is -4.46. The topological polar surface area (TPSA) is 90.7 Å². The molecular formula is C29H27FN2O5. The van der Waals surface area contributed by atoms with Crippen LogP contribution in [0.25, 0.3) is 11.3 Å². The number of rotatable bonds is 9. The smallest absolute Gasteiger partial charge is 0.411 e. The van der Waals surface area contributed by atoms with Gasteiger partial charge in [0.15, 0.2) is 5.76 Å². The lowest BCUT2D eigenvalue weighted by molar-refractivity contribution is -0.139. The number of esters is 1. The highest BCUT2D eigenvalue weighted by Crippen LogP contribution is 2.31. The maximum absolute atomic E-state index is 13.7. The summed E-state index contributed by atoms with van der Waals surface area (Å²) in [5, 5.41) is 6.67. The van der Waals surface area contributed by atoms with E-state index in [-0.39, 0.29) is 31.2 Å². The summed E-state index contributed by atoms with van der Waals surface area (Å²) in [7, 11) is 1.38. The fourth-order valence-electron chi connectivity index (χ4n) is 3.91. The maximum atomic E-state index is 13.7. The van der Waals surface area contributed by atoms with Crippen LogP contribution in [0.4, 0.5) is 14.9 Å². The lowest BCUT2D eigenvalue weighted by Crippen LogP contribution is -2.16. The minimum atomic E-state index is -0.674. The van der Waals surface area contributed by atoms with Crippen LogP contribution in [0.2, 0.25) is 0 Å². The van der Waals surface area contributed by atoms with Gasteiger partial charge >= 0.3 is 12.1 Å². The number of hydrogen-bond donors (Lipinski definition) is 1. The number of carbonyl (C=O) groups is 2. The molecule has 4 aromatic rings. The minimum absolute atomic E-state index is 0.0297. The molecule has 1 amide bonds. The molecule has 190 valence electrons. The first-order chi connectivity index (χ1) is 17.9. The third-order valence-corrected chi connectivity index (χ3v) is 5.84. The monoisotopic (exact) mass is 502 g/mol. The quantitative estimate of drug-likeness (QED) is 0.287. The number of aromatic nitrogens is 1. The van der Waals surface area contributed by atoms with Crippen LogP contribution in [0.15, 0.2) is 77.3 Å². The molecule has 8 heteroatoms. The molecule has 0 atom stereocenters. The van der Waals surface area contributed by atoms with Crippen LogP contribution >= 0.6 is 0 Å². The van der Waals surface area contributed by atoms with Gasteiger partial charge in [-0.1, -0.05) is 71.9 Å². The zero-order valence-corrected chi connectivity index (χ0v) is 20.6. The van der Waals surface area contributed by atoms with Crippen molar-refractivity contribution in [3.05, 3.63) is 107 Å². The Morgan fingerprint density at radius 2 is 1.73 bits per heavy atom. The number of amides is 1. The molecule has 37 heavy (non-hydrogen) atoms. The first-order valence-corrected chi connectivity index (χ1v) is 11.8. The summed E-state index contributed by atoms with van der Waals surface area (Å²) in [4.78, 5) is 23.9. The number of aryl methyl sites for hydroxylation is 1. The molecule has 1 N–H and O–H groups in total. The summed E-state index contributed by atoms with van der Waals surface area (Å²) in [6.45, 7) is 1.75. The fourth-order valence-corrected chi connectivity index (χ4v) is 3.91. The molecule has 0 aliphatic rings. The molecule has 7 nitrogen and oxygen atoms in total. The van der Waals surface area contributed by atoms with Crippen molar-refractivity contribution in [3.63, 3.8) is 0 Å². The highest BCUT2D eigenvalue weighted by molar-refractivity contribution is 5.90. The number of hydrogen-bond acceptors (Lipinski definition) is 6. The van der Waals surface area contributed by atoms with Gasteiger partial charge < -0.3 is 14.0 Å². The van der Waals surface area contributed by atoms with Crippen molar-refractivity contribution in [2.75, 3.05) is 19.0 Å². The van der Waals surface area contributed by atoms with Crippen LogP contribution in [-0.4, -0.2) is 30.9 Å². The number of benzene rings is 3. The summed E-state index contributed by atoms with van der Waals surface area (Å²) in [5.41, 5.74) is 5.18. The third kappa shape index (κ3) is 6.82. The summed E-state index contributed by atoms with van der Waals surface area (Å²) in [6.07, 6.45) is 0.509. The third-order valence-electron chi connectivity index (χ3n) is 5.84. The van der Waals surface area contributed by atoms with Crippen molar-refractivity contribution in [2.45, 2.75) is 26.2 Å². The molecule has 0 spiro atoms. The second kappa shape index (κ2) is 12.0. The van der Waals surface area contributed by atoms with Crippen LogP contribution in [0, 0.1) is 12.7 Å². The van der Waals surface area contributed by atoms with E-state index in [2.05, 4.69) is 10.5 Å². The van der Waals surface area contributed by atoms with Gasteiger partial charge in [0.1, 0.15) is 17.2 Å². The van der Waals surface area contributed by atoms with Crippen molar-refractivity contribution in [1.29, 1.82) is 0 Å². The SMILES string of the molecule is COC(=O)Cc1cccc(Cc2ccc(-c3onc(C)c3NC(=O)OCCc3ccccc3F)cc2)c1. The van der Waals surface area contributed by atoms with Crippen molar-refractivity contribution in [3.8, 4) is 11.3 Å². The highest BCUT2D eigenvalue weighted by atomic mass is 19.1. The van der Waals surface area contributed by atoms with E-state index >= 15 is 0 Å². The van der Waals surface area contributed by atoms with E-state index < -0.39 is 6.09 Å². The van der Waals surface area contributed by atoms with Crippen molar-refractivity contribution >= 4 is 17.7 Å². The Labute approximate surface area is 214 Å². The number of nitrogens with zero attached hydrogens (tertiary/aromatic N) is 1. The zero-order valence-electron chi connectivity index (χ0n) is 20.6. The normalized spacial score (nSPS) is 10.7. The Morgan fingerprint density at radius 3 is 2.49 bits per heavy atom. The first-order valence-electron chi connectivity index (χ1n) is 11.8. The van der Waals surface area contributed by atoms with Gasteiger partial charge in [0.25, 0.3) is 0 Å². The number of halogens is 1. The van der Waals surface area contributed by atoms with E-state index in [1.165, 1.54) is 13.2 Å². The molecule has 0 unspecified atom stereocenters. The molecule has 0 saturated carbocycles. The molecule has 3 aromatic carbocycles. The van der Waals surface area contributed by atoms with E-state index in [4.69, 9.17) is 14.0 Å². The molecule has 0 aliphatic carbocycles. The van der Waals surface area contributed by atoms with Crippen LogP contribution in [-0.2, 0) is 33.5 Å². The second-order valence-corrected chi connectivity index (χ2v) is 8.52. The zero-order chi connectivity index (χ0) is 26.2. The number of methoxy groups -OCH3 is 1. The van der Waals surface area contributed by atoms with Gasteiger partial charge in [-0.05, 0) is 41.7 Å². The van der Waals surface area contributed by atoms with E-state index in [1.807, 2.05) is 48.5 Å². The van der Waals surface area contributed by atoms with Crippen LogP contribution < -0.4 is 5.32 Å². The Kier molecular flexibility index (Phi) is 8.30. The van der Waals surface area contributed by atoms with Gasteiger partial charge in [-0.3, -0.25) is 10.1 Å². The summed E-state index contributed by atoms with van der Waals surface area (Å²) in [6, 6.07) is 21.9. The summed E-state index contributed by atoms with van der Waals surface area (Å²) in [5.74, 6) is -0.196. The number of ether oxygens (including phenoxy) is 2. The van der Waals surface area contributed by atoms with Crippen molar-refractivity contribution < 1.29 is 28.0 Å². The summed E-state index contributed by atoms with van der Waals surface area (Å²) >= 11 is 0. The van der Waals surface area contributed by atoms with E-state index in [0.29, 0.717) is 29.1 Å². The molecule has 0 radical (unpaired) electrons. The molecule has 0 bridgehead atoms. The average molecular weight is 503 g/mol. The lowest BCUT2D eigenvalue weighted by atomic mass is 10.00. The fraction of sp³-hybridized carbons (Fsp3) is 0.207. The second-order valence-electron chi connectivity index (χ2n) is 8.52. The molecule has 0 saturated heterocycles. The van der Waals surface area contributed by atoms with Gasteiger partial charge in [0.05, 0.1) is 20.1 Å².